The lowest BCUT2D eigenvalue weighted by Crippen LogP contribution is -2.44. The summed E-state index contributed by atoms with van der Waals surface area (Å²) in [5.41, 5.74) is 0. The zero-order valence-corrected chi connectivity index (χ0v) is 10.6. The molecule has 1 N–H and O–H groups in total. The summed E-state index contributed by atoms with van der Waals surface area (Å²) in [6, 6.07) is 0. The Morgan fingerprint density at radius 2 is 2.16 bits per heavy atom. The number of rotatable bonds is 4. The van der Waals surface area contributed by atoms with Crippen LogP contribution in [0.5, 0.6) is 0 Å². The maximum Gasteiger partial charge on any atom is 0.333 e. The predicted molar refractivity (Wildman–Crippen MR) is 61.7 cm³/mol. The number of fused-ring (bicyclic) bond motifs is 1. The van der Waals surface area contributed by atoms with Gasteiger partial charge in [-0.25, -0.2) is 4.79 Å². The average molecular weight is 270 g/mol. The Kier molecular flexibility index (Phi) is 3.45. The second-order valence-corrected chi connectivity index (χ2v) is 5.66. The Hall–Kier alpha value is -1.14. The van der Waals surface area contributed by atoms with Gasteiger partial charge in [-0.2, -0.15) is 0 Å². The number of aliphatic hydroxyl groups is 1. The van der Waals surface area contributed by atoms with Crippen molar-refractivity contribution in [1.82, 2.24) is 0 Å². The van der Waals surface area contributed by atoms with Crippen LogP contribution >= 0.6 is 0 Å². The number of carbonyl (C=O) groups excluding carboxylic acids is 2. The predicted octanol–water partition coefficient (Wildman–Crippen LogP) is 0.226. The average Bonchev–Trinajstić information content (AvgIpc) is 2.56. The van der Waals surface area contributed by atoms with Gasteiger partial charge in [0.15, 0.2) is 6.79 Å². The molecule has 4 fully saturated rings. The molecule has 0 amide bonds. The second-order valence-electron chi connectivity index (χ2n) is 5.66. The van der Waals surface area contributed by atoms with Gasteiger partial charge in [-0.1, -0.05) is 0 Å². The third-order valence-electron chi connectivity index (χ3n) is 4.45. The molecule has 4 bridgehead atoms. The third-order valence-corrected chi connectivity index (χ3v) is 4.45. The van der Waals surface area contributed by atoms with Crippen molar-refractivity contribution >= 4 is 11.9 Å². The van der Waals surface area contributed by atoms with E-state index in [1.807, 2.05) is 0 Å². The fraction of sp³-hybridized carbons (Fsp3) is 0.846. The van der Waals surface area contributed by atoms with Crippen LogP contribution in [0.3, 0.4) is 0 Å². The van der Waals surface area contributed by atoms with Crippen LogP contribution in [0.4, 0.5) is 0 Å². The van der Waals surface area contributed by atoms with Gasteiger partial charge in [0.05, 0.1) is 5.92 Å². The van der Waals surface area contributed by atoms with E-state index in [-0.39, 0.29) is 30.9 Å². The van der Waals surface area contributed by atoms with Crippen LogP contribution in [0.25, 0.3) is 0 Å². The van der Waals surface area contributed by atoms with Crippen LogP contribution in [-0.4, -0.2) is 42.7 Å². The number of ether oxygens (including phenoxy) is 3. The van der Waals surface area contributed by atoms with Crippen LogP contribution in [0.1, 0.15) is 25.7 Å². The zero-order chi connectivity index (χ0) is 13.4. The minimum Gasteiger partial charge on any atom is -0.459 e. The molecular formula is C13H18O6. The fourth-order valence-electron chi connectivity index (χ4n) is 3.73. The van der Waals surface area contributed by atoms with Gasteiger partial charge in [-0.15, -0.1) is 0 Å². The summed E-state index contributed by atoms with van der Waals surface area (Å²) in [4.78, 5) is 22.7. The molecule has 2 heterocycles. The van der Waals surface area contributed by atoms with Gasteiger partial charge in [-0.3, -0.25) is 4.79 Å². The van der Waals surface area contributed by atoms with E-state index in [4.69, 9.17) is 19.3 Å². The lowest BCUT2D eigenvalue weighted by atomic mass is 9.67. The molecule has 4 aliphatic rings. The summed E-state index contributed by atoms with van der Waals surface area (Å²) in [7, 11) is 0. The molecule has 2 aliphatic heterocycles. The highest BCUT2D eigenvalue weighted by molar-refractivity contribution is 5.73. The first-order chi connectivity index (χ1) is 9.17. The van der Waals surface area contributed by atoms with Crippen molar-refractivity contribution in [2.45, 2.75) is 37.9 Å². The monoisotopic (exact) mass is 270 g/mol. The molecule has 0 aromatic carbocycles. The SMILES string of the molecule is O=C(CO)OCOC1C2CC3CC(C2)C(=O)OC1C3. The van der Waals surface area contributed by atoms with Crippen molar-refractivity contribution in [3.8, 4) is 0 Å². The van der Waals surface area contributed by atoms with Crippen LogP contribution < -0.4 is 0 Å². The molecule has 0 spiro atoms. The van der Waals surface area contributed by atoms with Crippen molar-refractivity contribution in [3.05, 3.63) is 0 Å². The quantitative estimate of drug-likeness (QED) is 0.581. The molecule has 5 unspecified atom stereocenters. The topological polar surface area (TPSA) is 82.1 Å². The first kappa shape index (κ1) is 12.9. The number of carbonyl (C=O) groups is 2. The summed E-state index contributed by atoms with van der Waals surface area (Å²) >= 11 is 0. The van der Waals surface area contributed by atoms with Gasteiger partial charge in [0.2, 0.25) is 0 Å². The highest BCUT2D eigenvalue weighted by Gasteiger charge is 2.50. The summed E-state index contributed by atoms with van der Waals surface area (Å²) < 4.78 is 15.8. The first-order valence-electron chi connectivity index (χ1n) is 6.76. The van der Waals surface area contributed by atoms with Crippen molar-refractivity contribution in [2.75, 3.05) is 13.4 Å². The number of hydrogen-bond donors (Lipinski definition) is 1. The minimum absolute atomic E-state index is 0.0161. The van der Waals surface area contributed by atoms with Crippen molar-refractivity contribution in [1.29, 1.82) is 0 Å². The van der Waals surface area contributed by atoms with Gasteiger partial charge in [0.1, 0.15) is 18.8 Å². The molecule has 0 aromatic heterocycles. The Bertz CT molecular complexity index is 381. The van der Waals surface area contributed by atoms with E-state index >= 15 is 0 Å². The van der Waals surface area contributed by atoms with Gasteiger partial charge in [-0.05, 0) is 37.5 Å². The molecule has 2 aliphatic carbocycles. The zero-order valence-electron chi connectivity index (χ0n) is 10.6. The molecular weight excluding hydrogens is 252 g/mol. The molecule has 6 nitrogen and oxygen atoms in total. The Morgan fingerprint density at radius 3 is 2.95 bits per heavy atom. The van der Waals surface area contributed by atoms with Gasteiger partial charge < -0.3 is 19.3 Å². The molecule has 0 aromatic rings. The maximum atomic E-state index is 11.8. The molecule has 6 heteroatoms. The second kappa shape index (κ2) is 5.09. The molecule has 2 saturated carbocycles. The summed E-state index contributed by atoms with van der Waals surface area (Å²) in [5, 5.41) is 8.55. The van der Waals surface area contributed by atoms with Gasteiger partial charge >= 0.3 is 11.9 Å². The fourth-order valence-corrected chi connectivity index (χ4v) is 3.73. The molecule has 5 atom stereocenters. The molecule has 0 radical (unpaired) electrons. The molecule has 19 heavy (non-hydrogen) atoms. The smallest absolute Gasteiger partial charge is 0.333 e. The number of hydrogen-bond acceptors (Lipinski definition) is 6. The highest BCUT2D eigenvalue weighted by atomic mass is 16.7. The van der Waals surface area contributed by atoms with Gasteiger partial charge in [0.25, 0.3) is 0 Å². The Labute approximate surface area is 111 Å². The van der Waals surface area contributed by atoms with Crippen LogP contribution in [0.15, 0.2) is 0 Å². The number of aliphatic hydroxyl groups excluding tert-OH is 1. The third kappa shape index (κ3) is 2.47. The van der Waals surface area contributed by atoms with Crippen molar-refractivity contribution in [3.63, 3.8) is 0 Å². The molecule has 106 valence electrons. The normalized spacial score (nSPS) is 39.8. The van der Waals surface area contributed by atoms with Crippen LogP contribution in [-0.2, 0) is 23.8 Å². The Balaban J connectivity index is 1.63. The van der Waals surface area contributed by atoms with E-state index in [0.717, 1.165) is 25.7 Å². The van der Waals surface area contributed by atoms with Crippen molar-refractivity contribution < 1.29 is 28.9 Å². The van der Waals surface area contributed by atoms with E-state index in [2.05, 4.69) is 0 Å². The highest BCUT2D eigenvalue weighted by Crippen LogP contribution is 2.48. The van der Waals surface area contributed by atoms with E-state index in [1.165, 1.54) is 0 Å². The van der Waals surface area contributed by atoms with Crippen LogP contribution in [0.2, 0.25) is 0 Å². The van der Waals surface area contributed by atoms with E-state index in [0.29, 0.717) is 11.8 Å². The van der Waals surface area contributed by atoms with E-state index < -0.39 is 12.6 Å². The summed E-state index contributed by atoms with van der Waals surface area (Å²) in [5.74, 6) is 0.0680. The summed E-state index contributed by atoms with van der Waals surface area (Å²) in [6.45, 7) is -0.843. The lowest BCUT2D eigenvalue weighted by Gasteiger charge is -2.41. The standard InChI is InChI=1S/C13H18O6/c14-5-11(15)17-6-18-12-8-1-7-2-9(4-8)13(16)19-10(12)3-7/h7-10,12,14H,1-6H2. The Morgan fingerprint density at radius 1 is 1.32 bits per heavy atom. The van der Waals surface area contributed by atoms with Crippen LogP contribution in [0, 0.1) is 17.8 Å². The maximum absolute atomic E-state index is 11.8. The van der Waals surface area contributed by atoms with E-state index in [9.17, 15) is 9.59 Å². The first-order valence-corrected chi connectivity index (χ1v) is 6.76. The molecule has 4 rings (SSSR count). The summed E-state index contributed by atoms with van der Waals surface area (Å²) in [6.07, 6.45) is 3.26. The molecule has 2 saturated heterocycles. The number of esters is 2. The van der Waals surface area contributed by atoms with E-state index in [1.54, 1.807) is 0 Å². The van der Waals surface area contributed by atoms with Gasteiger partial charge in [0, 0.05) is 0 Å². The van der Waals surface area contributed by atoms with Crippen molar-refractivity contribution in [2.24, 2.45) is 17.8 Å². The lowest BCUT2D eigenvalue weighted by molar-refractivity contribution is -0.186. The largest absolute Gasteiger partial charge is 0.459 e. The minimum atomic E-state index is -0.710.